The number of benzene rings is 2. The van der Waals surface area contributed by atoms with Crippen molar-refractivity contribution in [2.24, 2.45) is 5.92 Å². The fraction of sp³-hybridized carbons (Fsp3) is 0.400. The lowest BCUT2D eigenvalue weighted by atomic mass is 9.86. The quantitative estimate of drug-likeness (QED) is 0.738. The Bertz CT molecular complexity index is 680. The highest BCUT2D eigenvalue weighted by Crippen LogP contribution is 2.45. The molecule has 1 fully saturated rings. The van der Waals surface area contributed by atoms with E-state index in [0.29, 0.717) is 0 Å². The molecule has 114 valence electrons. The van der Waals surface area contributed by atoms with Gasteiger partial charge in [0, 0.05) is 23.5 Å². The summed E-state index contributed by atoms with van der Waals surface area (Å²) in [5.41, 5.74) is 6.13. The van der Waals surface area contributed by atoms with E-state index in [1.54, 1.807) is 11.1 Å². The van der Waals surface area contributed by atoms with Crippen molar-refractivity contribution in [3.8, 4) is 0 Å². The number of rotatable bonds is 2. The number of piperidine rings is 1. The van der Waals surface area contributed by atoms with Gasteiger partial charge in [-0.05, 0) is 66.6 Å². The average molecular weight is 356 g/mol. The largest absolute Gasteiger partial charge is 0.298 e. The number of hydrogen-bond acceptors (Lipinski definition) is 1. The van der Waals surface area contributed by atoms with Gasteiger partial charge in [0.1, 0.15) is 0 Å². The number of nitrogens with zero attached hydrogens (tertiary/aromatic N) is 1. The van der Waals surface area contributed by atoms with Gasteiger partial charge in [-0.15, -0.1) is 0 Å². The molecule has 2 aromatic rings. The number of likely N-dealkylation sites (tertiary alicyclic amines) is 1. The lowest BCUT2D eigenvalue weighted by molar-refractivity contribution is 0.161. The zero-order valence-corrected chi connectivity index (χ0v) is 14.6. The van der Waals surface area contributed by atoms with Gasteiger partial charge in [0.25, 0.3) is 0 Å². The normalized spacial score (nSPS) is 24.1. The number of halogens is 1. The third kappa shape index (κ3) is 2.63. The Morgan fingerprint density at radius 1 is 1.18 bits per heavy atom. The van der Waals surface area contributed by atoms with Gasteiger partial charge < -0.3 is 0 Å². The molecule has 0 bridgehead atoms. The standard InChI is InChI=1S/C20H22BrN/c1-14-9-17(21)11-19-18(14)10-16-7-8-22(13-20(16)19)12-15-5-3-2-4-6-15/h2-6,9,11,16,20H,7-8,10,12-13H2,1H3. The molecule has 2 aliphatic rings. The highest BCUT2D eigenvalue weighted by molar-refractivity contribution is 9.10. The lowest BCUT2D eigenvalue weighted by Crippen LogP contribution is -2.37. The molecule has 4 rings (SSSR count). The van der Waals surface area contributed by atoms with Crippen LogP contribution >= 0.6 is 15.9 Å². The molecule has 1 aliphatic carbocycles. The van der Waals surface area contributed by atoms with Crippen LogP contribution in [-0.2, 0) is 13.0 Å². The fourth-order valence-electron chi connectivity index (χ4n) is 4.32. The second-order valence-corrected chi connectivity index (χ2v) is 7.79. The van der Waals surface area contributed by atoms with E-state index in [1.165, 1.54) is 41.5 Å². The lowest BCUT2D eigenvalue weighted by Gasteiger charge is -2.35. The van der Waals surface area contributed by atoms with E-state index in [0.717, 1.165) is 18.4 Å². The van der Waals surface area contributed by atoms with Crippen molar-refractivity contribution >= 4 is 15.9 Å². The summed E-state index contributed by atoms with van der Waals surface area (Å²) >= 11 is 3.69. The van der Waals surface area contributed by atoms with Gasteiger partial charge in [0.2, 0.25) is 0 Å². The topological polar surface area (TPSA) is 3.24 Å². The van der Waals surface area contributed by atoms with E-state index in [4.69, 9.17) is 0 Å². The van der Waals surface area contributed by atoms with Gasteiger partial charge in [0.05, 0.1) is 0 Å². The minimum atomic E-state index is 0.726. The monoisotopic (exact) mass is 355 g/mol. The number of fused-ring (bicyclic) bond motifs is 3. The van der Waals surface area contributed by atoms with Crippen molar-refractivity contribution < 1.29 is 0 Å². The molecule has 1 aliphatic heterocycles. The van der Waals surface area contributed by atoms with E-state index in [-0.39, 0.29) is 0 Å². The van der Waals surface area contributed by atoms with E-state index >= 15 is 0 Å². The second-order valence-electron chi connectivity index (χ2n) is 6.87. The van der Waals surface area contributed by atoms with Crippen LogP contribution in [0.1, 0.15) is 34.6 Å². The van der Waals surface area contributed by atoms with Gasteiger partial charge in [-0.2, -0.15) is 0 Å². The smallest absolute Gasteiger partial charge is 0.0233 e. The SMILES string of the molecule is Cc1cc(Br)cc2c1CC1CCN(Cc3ccccc3)CC21. The van der Waals surface area contributed by atoms with Crippen molar-refractivity contribution in [2.45, 2.75) is 32.2 Å². The first-order chi connectivity index (χ1) is 10.7. The van der Waals surface area contributed by atoms with E-state index in [1.807, 2.05) is 0 Å². The third-order valence-corrected chi connectivity index (χ3v) is 5.88. The Balaban J connectivity index is 1.56. The molecule has 2 unspecified atom stereocenters. The maximum atomic E-state index is 3.69. The summed E-state index contributed by atoms with van der Waals surface area (Å²) in [6, 6.07) is 15.5. The first-order valence-corrected chi connectivity index (χ1v) is 9.05. The van der Waals surface area contributed by atoms with Crippen LogP contribution in [0.4, 0.5) is 0 Å². The van der Waals surface area contributed by atoms with E-state index in [9.17, 15) is 0 Å². The van der Waals surface area contributed by atoms with Crippen LogP contribution in [0.25, 0.3) is 0 Å². The van der Waals surface area contributed by atoms with Crippen LogP contribution in [0.2, 0.25) is 0 Å². The van der Waals surface area contributed by atoms with Crippen LogP contribution in [0.15, 0.2) is 46.9 Å². The molecule has 2 heteroatoms. The Morgan fingerprint density at radius 3 is 2.82 bits per heavy atom. The third-order valence-electron chi connectivity index (χ3n) is 5.43. The Hall–Kier alpha value is -1.12. The summed E-state index contributed by atoms with van der Waals surface area (Å²) in [5.74, 6) is 1.58. The number of hydrogen-bond donors (Lipinski definition) is 0. The Morgan fingerprint density at radius 2 is 2.00 bits per heavy atom. The predicted molar refractivity (Wildman–Crippen MR) is 95.2 cm³/mol. The average Bonchev–Trinajstić information content (AvgIpc) is 2.87. The molecule has 0 spiro atoms. The van der Waals surface area contributed by atoms with Crippen LogP contribution in [-0.4, -0.2) is 18.0 Å². The highest BCUT2D eigenvalue weighted by atomic mass is 79.9. The molecule has 0 N–H and O–H groups in total. The second kappa shape index (κ2) is 5.82. The molecule has 0 aromatic heterocycles. The summed E-state index contributed by atoms with van der Waals surface area (Å²) in [6.07, 6.45) is 2.63. The van der Waals surface area contributed by atoms with Gasteiger partial charge in [0.15, 0.2) is 0 Å². The van der Waals surface area contributed by atoms with Gasteiger partial charge in [-0.1, -0.05) is 46.3 Å². The van der Waals surface area contributed by atoms with Gasteiger partial charge >= 0.3 is 0 Å². The Labute approximate surface area is 141 Å². The van der Waals surface area contributed by atoms with E-state index in [2.05, 4.69) is 70.2 Å². The van der Waals surface area contributed by atoms with Gasteiger partial charge in [-0.3, -0.25) is 4.90 Å². The van der Waals surface area contributed by atoms with Crippen LogP contribution in [0.5, 0.6) is 0 Å². The van der Waals surface area contributed by atoms with Crippen LogP contribution in [0.3, 0.4) is 0 Å². The van der Waals surface area contributed by atoms with Crippen LogP contribution < -0.4 is 0 Å². The molecule has 22 heavy (non-hydrogen) atoms. The van der Waals surface area contributed by atoms with E-state index < -0.39 is 0 Å². The summed E-state index contributed by atoms with van der Waals surface area (Å²) < 4.78 is 1.24. The fourth-order valence-corrected chi connectivity index (χ4v) is 4.91. The molecule has 1 nitrogen and oxygen atoms in total. The molecule has 0 saturated carbocycles. The highest BCUT2D eigenvalue weighted by Gasteiger charge is 2.37. The molecule has 0 radical (unpaired) electrons. The maximum absolute atomic E-state index is 3.69. The minimum Gasteiger partial charge on any atom is -0.298 e. The molecular formula is C20H22BrN. The first kappa shape index (κ1) is 14.5. The van der Waals surface area contributed by atoms with Crippen LogP contribution in [0, 0.1) is 12.8 Å². The summed E-state index contributed by atoms with van der Waals surface area (Å²) in [4.78, 5) is 2.64. The molecule has 2 atom stereocenters. The van der Waals surface area contributed by atoms with Crippen molar-refractivity contribution in [3.05, 3.63) is 69.2 Å². The summed E-state index contributed by atoms with van der Waals surface area (Å²) in [5, 5.41) is 0. The Kier molecular flexibility index (Phi) is 3.83. The van der Waals surface area contributed by atoms with Crippen molar-refractivity contribution in [1.29, 1.82) is 0 Å². The molecule has 2 aromatic carbocycles. The van der Waals surface area contributed by atoms with Gasteiger partial charge in [-0.25, -0.2) is 0 Å². The summed E-state index contributed by atoms with van der Waals surface area (Å²) in [6.45, 7) is 5.81. The minimum absolute atomic E-state index is 0.726. The molecular weight excluding hydrogens is 334 g/mol. The zero-order chi connectivity index (χ0) is 15.1. The molecule has 1 saturated heterocycles. The molecule has 1 heterocycles. The maximum Gasteiger partial charge on any atom is 0.0233 e. The van der Waals surface area contributed by atoms with Crippen molar-refractivity contribution in [2.75, 3.05) is 13.1 Å². The summed E-state index contributed by atoms with van der Waals surface area (Å²) in [7, 11) is 0. The molecule has 0 amide bonds. The first-order valence-electron chi connectivity index (χ1n) is 8.26. The van der Waals surface area contributed by atoms with Crippen molar-refractivity contribution in [1.82, 2.24) is 4.90 Å². The number of aryl methyl sites for hydroxylation is 1. The predicted octanol–water partition coefficient (Wildman–Crippen LogP) is 4.92. The van der Waals surface area contributed by atoms with Crippen molar-refractivity contribution in [3.63, 3.8) is 0 Å². The zero-order valence-electron chi connectivity index (χ0n) is 13.1.